The summed E-state index contributed by atoms with van der Waals surface area (Å²) in [5.74, 6) is -0.618. The number of nitrogens with one attached hydrogen (secondary N) is 1. The van der Waals surface area contributed by atoms with E-state index in [2.05, 4.69) is 10.3 Å². The van der Waals surface area contributed by atoms with Crippen LogP contribution in [0, 0.1) is 0 Å². The van der Waals surface area contributed by atoms with Gasteiger partial charge in [0.05, 0.1) is 13.1 Å². The fourth-order valence-corrected chi connectivity index (χ4v) is 2.06. The van der Waals surface area contributed by atoms with Gasteiger partial charge in [-0.05, 0) is 24.6 Å². The number of carbonyl (C=O) groups excluding carboxylic acids is 1. The van der Waals surface area contributed by atoms with E-state index in [0.29, 0.717) is 18.0 Å². The van der Waals surface area contributed by atoms with Gasteiger partial charge in [0.15, 0.2) is 6.29 Å². The third-order valence-electron chi connectivity index (χ3n) is 3.02. The summed E-state index contributed by atoms with van der Waals surface area (Å²) in [6, 6.07) is 1.37. The van der Waals surface area contributed by atoms with E-state index in [1.54, 1.807) is 13.0 Å². The Balaban J connectivity index is 2.13. The first kappa shape index (κ1) is 15.9. The Morgan fingerprint density at radius 3 is 3.09 bits per heavy atom. The van der Waals surface area contributed by atoms with Crippen molar-refractivity contribution in [3.05, 3.63) is 29.5 Å². The number of fused-ring (bicyclic) bond motifs is 1. The minimum atomic E-state index is -1.06. The second-order valence-corrected chi connectivity index (χ2v) is 4.67. The fourth-order valence-electron chi connectivity index (χ4n) is 2.06. The monoisotopic (exact) mass is 307 g/mol. The Morgan fingerprint density at radius 2 is 2.41 bits per heavy atom. The first-order chi connectivity index (χ1) is 10.5. The zero-order chi connectivity index (χ0) is 16.1. The Bertz CT molecular complexity index is 602. The zero-order valence-corrected chi connectivity index (χ0v) is 12.0. The minimum absolute atomic E-state index is 0.0360. The number of ether oxygens (including phenoxy) is 1. The molecule has 0 radical (unpaired) electrons. The van der Waals surface area contributed by atoms with Crippen molar-refractivity contribution in [3.63, 3.8) is 0 Å². The van der Waals surface area contributed by atoms with E-state index in [9.17, 15) is 14.7 Å². The van der Waals surface area contributed by atoms with Crippen LogP contribution in [-0.2, 0) is 16.1 Å². The number of aliphatic hydroxyl groups excluding tert-OH is 1. The van der Waals surface area contributed by atoms with E-state index in [1.807, 2.05) is 0 Å². The first-order valence-corrected chi connectivity index (χ1v) is 6.75. The van der Waals surface area contributed by atoms with Crippen LogP contribution in [0.3, 0.4) is 0 Å². The highest BCUT2D eigenvalue weighted by molar-refractivity contribution is 5.91. The van der Waals surface area contributed by atoms with E-state index >= 15 is 0 Å². The summed E-state index contributed by atoms with van der Waals surface area (Å²) in [5, 5.41) is 20.9. The van der Waals surface area contributed by atoms with E-state index in [1.165, 1.54) is 17.2 Å². The molecule has 0 saturated carbocycles. The van der Waals surface area contributed by atoms with Gasteiger partial charge in [0.25, 0.3) is 0 Å². The molecule has 0 bridgehead atoms. The van der Waals surface area contributed by atoms with E-state index in [4.69, 9.17) is 9.84 Å². The van der Waals surface area contributed by atoms with Crippen LogP contribution >= 0.6 is 0 Å². The number of hydrogen-bond acceptors (Lipinski definition) is 5. The number of urea groups is 1. The van der Waals surface area contributed by atoms with Crippen molar-refractivity contribution in [2.45, 2.75) is 19.8 Å². The van der Waals surface area contributed by atoms with Gasteiger partial charge in [-0.25, -0.2) is 14.6 Å². The number of amides is 2. The fraction of sp³-hybridized carbons (Fsp3) is 0.357. The van der Waals surface area contributed by atoms with Gasteiger partial charge in [0, 0.05) is 24.4 Å². The van der Waals surface area contributed by atoms with Crippen molar-refractivity contribution >= 4 is 23.9 Å². The highest BCUT2D eigenvalue weighted by Gasteiger charge is 2.25. The molecule has 1 aromatic heterocycles. The summed E-state index contributed by atoms with van der Waals surface area (Å²) in [6.45, 7) is 2.39. The number of nitrogens with zero attached hydrogens (tertiary/aromatic N) is 2. The van der Waals surface area contributed by atoms with E-state index < -0.39 is 12.3 Å². The van der Waals surface area contributed by atoms with Gasteiger partial charge in [-0.2, -0.15) is 0 Å². The maximum Gasteiger partial charge on any atom is 0.328 e. The van der Waals surface area contributed by atoms with Crippen LogP contribution in [0.5, 0.6) is 0 Å². The number of carbonyl (C=O) groups is 2. The third-order valence-corrected chi connectivity index (χ3v) is 3.02. The predicted octanol–water partition coefficient (Wildman–Crippen LogP) is 0.882. The number of rotatable bonds is 6. The van der Waals surface area contributed by atoms with Crippen LogP contribution < -0.4 is 5.32 Å². The molecular formula is C14H17N3O5. The Hall–Kier alpha value is -2.45. The zero-order valence-electron chi connectivity index (χ0n) is 12.0. The van der Waals surface area contributed by atoms with Crippen molar-refractivity contribution in [2.24, 2.45) is 0 Å². The van der Waals surface area contributed by atoms with Crippen molar-refractivity contribution in [2.75, 3.05) is 18.5 Å². The molecule has 0 spiro atoms. The Labute approximate surface area is 127 Å². The number of aliphatic hydroxyl groups is 1. The molecule has 2 heterocycles. The smallest absolute Gasteiger partial charge is 0.328 e. The highest BCUT2D eigenvalue weighted by atomic mass is 16.6. The molecular weight excluding hydrogens is 290 g/mol. The van der Waals surface area contributed by atoms with Crippen LogP contribution in [0.1, 0.15) is 18.1 Å². The lowest BCUT2D eigenvalue weighted by Crippen LogP contribution is -2.43. The molecule has 0 fully saturated rings. The van der Waals surface area contributed by atoms with E-state index in [-0.39, 0.29) is 19.1 Å². The lowest BCUT2D eigenvalue weighted by molar-refractivity contribution is -0.131. The van der Waals surface area contributed by atoms with Gasteiger partial charge in [0.2, 0.25) is 0 Å². The first-order valence-electron chi connectivity index (χ1n) is 6.75. The van der Waals surface area contributed by atoms with E-state index in [0.717, 1.165) is 11.6 Å². The number of anilines is 1. The van der Waals surface area contributed by atoms with Gasteiger partial charge >= 0.3 is 12.0 Å². The highest BCUT2D eigenvalue weighted by Crippen LogP contribution is 2.22. The van der Waals surface area contributed by atoms with Crippen LogP contribution in [-0.4, -0.2) is 51.5 Å². The van der Waals surface area contributed by atoms with Gasteiger partial charge in [-0.15, -0.1) is 0 Å². The van der Waals surface area contributed by atoms with Crippen molar-refractivity contribution in [3.8, 4) is 0 Å². The van der Waals surface area contributed by atoms with Crippen LogP contribution in [0.2, 0.25) is 0 Å². The summed E-state index contributed by atoms with van der Waals surface area (Å²) in [4.78, 5) is 27.9. The molecule has 1 atom stereocenters. The van der Waals surface area contributed by atoms with Crippen molar-refractivity contribution in [1.29, 1.82) is 0 Å². The largest absolute Gasteiger partial charge is 0.478 e. The van der Waals surface area contributed by atoms with Gasteiger partial charge in [-0.1, -0.05) is 0 Å². The standard InChI is InChI=1S/C14H17N3O5/c1-2-22-12(20)8-17-7-10-5-9(3-4-11(18)19)6-15-13(10)16-14(17)21/h3-6,12,20H,2,7-8H2,1H3,(H,18,19)(H,15,16,21)/b4-3+. The molecule has 0 saturated heterocycles. The molecule has 1 aliphatic heterocycles. The van der Waals surface area contributed by atoms with Gasteiger partial charge in [0.1, 0.15) is 5.82 Å². The number of carboxylic acids is 1. The normalized spacial score (nSPS) is 15.5. The van der Waals surface area contributed by atoms with Crippen molar-refractivity contribution < 1.29 is 24.5 Å². The Morgan fingerprint density at radius 1 is 1.64 bits per heavy atom. The maximum atomic E-state index is 11.9. The topological polar surface area (TPSA) is 112 Å². The second-order valence-electron chi connectivity index (χ2n) is 4.67. The summed E-state index contributed by atoms with van der Waals surface area (Å²) >= 11 is 0. The lowest BCUT2D eigenvalue weighted by Gasteiger charge is -2.30. The summed E-state index contributed by atoms with van der Waals surface area (Å²) < 4.78 is 5.01. The number of pyridine rings is 1. The van der Waals surface area contributed by atoms with Crippen LogP contribution in [0.25, 0.3) is 6.08 Å². The maximum absolute atomic E-state index is 11.9. The molecule has 0 aliphatic carbocycles. The molecule has 118 valence electrons. The average Bonchev–Trinajstić information content (AvgIpc) is 2.46. The number of aliphatic carboxylic acids is 1. The number of aromatic nitrogens is 1. The molecule has 8 nitrogen and oxygen atoms in total. The minimum Gasteiger partial charge on any atom is -0.478 e. The Kier molecular flexibility index (Phi) is 5.08. The molecule has 2 amide bonds. The SMILES string of the molecule is CCOC(O)CN1Cc2cc(/C=C/C(=O)O)cnc2NC1=O. The molecule has 0 aromatic carbocycles. The number of carboxylic acid groups (broad SMARTS) is 1. The summed E-state index contributed by atoms with van der Waals surface area (Å²) in [5.41, 5.74) is 1.35. The van der Waals surface area contributed by atoms with Gasteiger partial charge < -0.3 is 19.8 Å². The number of β-amino-alcohol motifs (C(OH)–C–C–N with tert-alkyl or cyclic N) is 1. The molecule has 1 aliphatic rings. The predicted molar refractivity (Wildman–Crippen MR) is 78.0 cm³/mol. The van der Waals surface area contributed by atoms with Crippen LogP contribution in [0.4, 0.5) is 10.6 Å². The molecule has 8 heteroatoms. The molecule has 3 N–H and O–H groups in total. The second kappa shape index (κ2) is 7.01. The molecule has 1 unspecified atom stereocenters. The quantitative estimate of drug-likeness (QED) is 0.531. The van der Waals surface area contributed by atoms with Crippen molar-refractivity contribution in [1.82, 2.24) is 9.88 Å². The molecule has 1 aromatic rings. The third kappa shape index (κ3) is 4.03. The summed E-state index contributed by atoms with van der Waals surface area (Å²) in [7, 11) is 0. The van der Waals surface area contributed by atoms with Gasteiger partial charge in [-0.3, -0.25) is 5.32 Å². The summed E-state index contributed by atoms with van der Waals surface area (Å²) in [6.07, 6.45) is 2.86. The average molecular weight is 307 g/mol. The van der Waals surface area contributed by atoms with Crippen LogP contribution in [0.15, 0.2) is 18.3 Å². The lowest BCUT2D eigenvalue weighted by atomic mass is 10.1. The molecule has 22 heavy (non-hydrogen) atoms. The molecule has 2 rings (SSSR count). The number of hydrogen-bond donors (Lipinski definition) is 3.